The second-order valence-corrected chi connectivity index (χ2v) is 5.63. The first-order valence-electron chi connectivity index (χ1n) is 8.25. The predicted octanol–water partition coefficient (Wildman–Crippen LogP) is 5.66. The minimum atomic E-state index is 0.644. The molecule has 0 unspecified atom stereocenters. The fraction of sp³-hybridized carbons (Fsp3) is 0. The summed E-state index contributed by atoms with van der Waals surface area (Å²) >= 11 is 0. The van der Waals surface area contributed by atoms with Gasteiger partial charge in [0.2, 0.25) is 0 Å². The van der Waals surface area contributed by atoms with Crippen LogP contribution in [0.5, 0.6) is 0 Å². The van der Waals surface area contributed by atoms with Crippen LogP contribution < -0.4 is 0 Å². The standard InChI is InChI=1S/C22H16N2O2/c1-3-7-17(8-4-1)21-13-11-19(25-21)15-23-24-16-20-12-14-22(26-20)18-9-5-2-6-10-18/h1-16H. The second-order valence-electron chi connectivity index (χ2n) is 5.63. The highest BCUT2D eigenvalue weighted by Gasteiger charge is 2.03. The molecule has 0 saturated carbocycles. The highest BCUT2D eigenvalue weighted by atomic mass is 16.3. The summed E-state index contributed by atoms with van der Waals surface area (Å²) in [5, 5.41) is 8.03. The zero-order valence-electron chi connectivity index (χ0n) is 13.9. The van der Waals surface area contributed by atoms with Gasteiger partial charge in [-0.1, -0.05) is 60.7 Å². The maximum atomic E-state index is 5.74. The van der Waals surface area contributed by atoms with Crippen molar-refractivity contribution in [3.8, 4) is 22.6 Å². The number of nitrogens with zero attached hydrogens (tertiary/aromatic N) is 2. The molecule has 26 heavy (non-hydrogen) atoms. The van der Waals surface area contributed by atoms with Gasteiger partial charge in [0.1, 0.15) is 23.0 Å². The van der Waals surface area contributed by atoms with E-state index in [0.717, 1.165) is 22.6 Å². The number of hydrogen-bond acceptors (Lipinski definition) is 4. The van der Waals surface area contributed by atoms with E-state index in [0.29, 0.717) is 11.5 Å². The predicted molar refractivity (Wildman–Crippen MR) is 103 cm³/mol. The van der Waals surface area contributed by atoms with Crippen molar-refractivity contribution in [2.45, 2.75) is 0 Å². The molecule has 0 amide bonds. The third-order valence-electron chi connectivity index (χ3n) is 3.81. The molecule has 0 radical (unpaired) electrons. The number of benzene rings is 2. The summed E-state index contributed by atoms with van der Waals surface area (Å²) in [6.45, 7) is 0. The van der Waals surface area contributed by atoms with E-state index in [1.807, 2.05) is 84.9 Å². The normalized spacial score (nSPS) is 11.5. The Bertz CT molecular complexity index is 942. The Hall–Kier alpha value is -3.66. The van der Waals surface area contributed by atoms with Gasteiger partial charge in [-0.3, -0.25) is 0 Å². The van der Waals surface area contributed by atoms with Crippen molar-refractivity contribution in [1.29, 1.82) is 0 Å². The summed E-state index contributed by atoms with van der Waals surface area (Å²) in [6, 6.07) is 27.4. The van der Waals surface area contributed by atoms with Crippen molar-refractivity contribution in [2.75, 3.05) is 0 Å². The minimum Gasteiger partial charge on any atom is -0.455 e. The summed E-state index contributed by atoms with van der Waals surface area (Å²) in [6.07, 6.45) is 3.15. The molecule has 0 spiro atoms. The average molecular weight is 340 g/mol. The van der Waals surface area contributed by atoms with E-state index in [-0.39, 0.29) is 0 Å². The molecule has 4 heteroatoms. The van der Waals surface area contributed by atoms with Gasteiger partial charge in [-0.25, -0.2) is 0 Å². The minimum absolute atomic E-state index is 0.644. The molecule has 4 aromatic rings. The lowest BCUT2D eigenvalue weighted by Gasteiger charge is -1.94. The molecular weight excluding hydrogens is 324 g/mol. The molecule has 0 atom stereocenters. The molecule has 4 rings (SSSR count). The van der Waals surface area contributed by atoms with Crippen molar-refractivity contribution in [2.24, 2.45) is 10.2 Å². The molecule has 0 aliphatic rings. The van der Waals surface area contributed by atoms with Gasteiger partial charge in [-0.15, -0.1) is 0 Å². The maximum Gasteiger partial charge on any atom is 0.147 e. The zero-order valence-corrected chi connectivity index (χ0v) is 13.9. The van der Waals surface area contributed by atoms with Crippen LogP contribution in [0, 0.1) is 0 Å². The summed E-state index contributed by atoms with van der Waals surface area (Å²) in [5.74, 6) is 2.89. The second kappa shape index (κ2) is 7.49. The van der Waals surface area contributed by atoms with Gasteiger partial charge in [0.25, 0.3) is 0 Å². The molecule has 126 valence electrons. The Kier molecular flexibility index (Phi) is 4.56. The van der Waals surface area contributed by atoms with Crippen LogP contribution in [0.1, 0.15) is 11.5 Å². The zero-order chi connectivity index (χ0) is 17.6. The molecule has 0 aliphatic carbocycles. The number of hydrogen-bond donors (Lipinski definition) is 0. The molecule has 2 aromatic heterocycles. The lowest BCUT2D eigenvalue weighted by atomic mass is 10.2. The molecule has 4 nitrogen and oxygen atoms in total. The summed E-state index contributed by atoms with van der Waals surface area (Å²) < 4.78 is 11.5. The molecule has 0 N–H and O–H groups in total. The van der Waals surface area contributed by atoms with E-state index in [4.69, 9.17) is 8.83 Å². The van der Waals surface area contributed by atoms with E-state index in [9.17, 15) is 0 Å². The highest BCUT2D eigenvalue weighted by Crippen LogP contribution is 2.22. The Labute approximate surface area is 151 Å². The van der Waals surface area contributed by atoms with E-state index in [1.54, 1.807) is 12.4 Å². The maximum absolute atomic E-state index is 5.74. The van der Waals surface area contributed by atoms with Gasteiger partial charge in [0, 0.05) is 11.1 Å². The van der Waals surface area contributed by atoms with Crippen LogP contribution in [0.2, 0.25) is 0 Å². The fourth-order valence-corrected chi connectivity index (χ4v) is 2.54. The Morgan fingerprint density at radius 3 is 1.35 bits per heavy atom. The quantitative estimate of drug-likeness (QED) is 0.348. The Morgan fingerprint density at radius 1 is 0.500 bits per heavy atom. The van der Waals surface area contributed by atoms with E-state index >= 15 is 0 Å². The SMILES string of the molecule is C(=NN=Cc1ccc(-c2ccccc2)o1)c1ccc(-c2ccccc2)o1. The van der Waals surface area contributed by atoms with Gasteiger partial charge in [-0.2, -0.15) is 10.2 Å². The van der Waals surface area contributed by atoms with Gasteiger partial charge in [0.15, 0.2) is 0 Å². The largest absolute Gasteiger partial charge is 0.455 e. The summed E-state index contributed by atoms with van der Waals surface area (Å²) in [5.41, 5.74) is 2.05. The van der Waals surface area contributed by atoms with Crippen LogP contribution in [-0.4, -0.2) is 12.4 Å². The third-order valence-corrected chi connectivity index (χ3v) is 3.81. The Morgan fingerprint density at radius 2 is 0.923 bits per heavy atom. The van der Waals surface area contributed by atoms with Crippen LogP contribution >= 0.6 is 0 Å². The molecular formula is C22H16N2O2. The molecule has 0 saturated heterocycles. The first kappa shape index (κ1) is 15.8. The highest BCUT2D eigenvalue weighted by molar-refractivity contribution is 5.80. The van der Waals surface area contributed by atoms with Crippen LogP contribution in [0.3, 0.4) is 0 Å². The number of rotatable bonds is 5. The van der Waals surface area contributed by atoms with E-state index in [1.165, 1.54) is 0 Å². The molecule has 0 fully saturated rings. The Balaban J connectivity index is 1.41. The van der Waals surface area contributed by atoms with Gasteiger partial charge < -0.3 is 8.83 Å². The van der Waals surface area contributed by atoms with Crippen molar-refractivity contribution in [3.63, 3.8) is 0 Å². The van der Waals surface area contributed by atoms with Crippen LogP contribution in [0.4, 0.5) is 0 Å². The van der Waals surface area contributed by atoms with Crippen molar-refractivity contribution >= 4 is 12.4 Å². The van der Waals surface area contributed by atoms with Crippen molar-refractivity contribution in [3.05, 3.63) is 96.4 Å². The molecule has 2 aromatic carbocycles. The third kappa shape index (κ3) is 3.70. The molecule has 0 aliphatic heterocycles. The first-order valence-corrected chi connectivity index (χ1v) is 8.25. The smallest absolute Gasteiger partial charge is 0.147 e. The fourth-order valence-electron chi connectivity index (χ4n) is 2.54. The van der Waals surface area contributed by atoms with E-state index < -0.39 is 0 Å². The van der Waals surface area contributed by atoms with Crippen molar-refractivity contribution < 1.29 is 8.83 Å². The topological polar surface area (TPSA) is 51.0 Å². The summed E-state index contributed by atoms with van der Waals surface area (Å²) in [4.78, 5) is 0. The van der Waals surface area contributed by atoms with Gasteiger partial charge in [-0.05, 0) is 24.3 Å². The van der Waals surface area contributed by atoms with Crippen LogP contribution in [0.25, 0.3) is 22.6 Å². The van der Waals surface area contributed by atoms with Gasteiger partial charge in [0.05, 0.1) is 12.4 Å². The van der Waals surface area contributed by atoms with Gasteiger partial charge >= 0.3 is 0 Å². The van der Waals surface area contributed by atoms with Crippen LogP contribution in [-0.2, 0) is 0 Å². The van der Waals surface area contributed by atoms with E-state index in [2.05, 4.69) is 10.2 Å². The number of furan rings is 2. The summed E-state index contributed by atoms with van der Waals surface area (Å²) in [7, 11) is 0. The lowest BCUT2D eigenvalue weighted by Crippen LogP contribution is -1.76. The lowest BCUT2D eigenvalue weighted by molar-refractivity contribution is 0.573. The van der Waals surface area contributed by atoms with Crippen molar-refractivity contribution in [1.82, 2.24) is 0 Å². The average Bonchev–Trinajstić information content (AvgIpc) is 3.37. The monoisotopic (exact) mass is 340 g/mol. The first-order chi connectivity index (χ1) is 12.9. The molecule has 0 bridgehead atoms. The van der Waals surface area contributed by atoms with Crippen LogP contribution in [0.15, 0.2) is 104 Å². The molecule has 2 heterocycles.